The quantitative estimate of drug-likeness (QED) is 0.249. The Morgan fingerprint density at radius 1 is 1.10 bits per heavy atom. The number of pyridine rings is 1. The molecule has 206 valence electrons. The fourth-order valence-corrected chi connectivity index (χ4v) is 4.62. The topological polar surface area (TPSA) is 146 Å². The summed E-state index contributed by atoms with van der Waals surface area (Å²) < 4.78 is 56.8. The molecule has 2 N–H and O–H groups in total. The summed E-state index contributed by atoms with van der Waals surface area (Å²) in [7, 11) is 3.07. The summed E-state index contributed by atoms with van der Waals surface area (Å²) in [6, 6.07) is 6.36. The van der Waals surface area contributed by atoms with Crippen LogP contribution in [-0.4, -0.2) is 65.3 Å². The maximum Gasteiger partial charge on any atom is 0.232 e. The molecule has 12 nitrogen and oxygen atoms in total. The number of ether oxygens (including phenoxy) is 3. The molecule has 4 rings (SSSR count). The van der Waals surface area contributed by atoms with Crippen LogP contribution in [0.3, 0.4) is 0 Å². The van der Waals surface area contributed by atoms with Gasteiger partial charge in [-0.2, -0.15) is 0 Å². The number of para-hydroxylation sites is 1. The van der Waals surface area contributed by atoms with E-state index >= 15 is 0 Å². The molecule has 14 heteroatoms. The SMILES string of the molecule is CCO[C@H](c1ncc(F)cn1)[C@H](Cc1nnc(-c2cncc(C)c2)n1-c1c(OC)cccc1OC)NS(=O)O. The third kappa shape index (κ3) is 6.42. The number of nitrogens with zero attached hydrogens (tertiary/aromatic N) is 6. The molecule has 0 saturated heterocycles. The zero-order chi connectivity index (χ0) is 27.9. The molecule has 0 saturated carbocycles. The molecule has 0 spiro atoms. The van der Waals surface area contributed by atoms with Crippen molar-refractivity contribution in [3.63, 3.8) is 0 Å². The predicted molar refractivity (Wildman–Crippen MR) is 140 cm³/mol. The van der Waals surface area contributed by atoms with Crippen LogP contribution in [0.15, 0.2) is 49.1 Å². The highest BCUT2D eigenvalue weighted by molar-refractivity contribution is 7.77. The molecule has 0 radical (unpaired) electrons. The fourth-order valence-electron chi connectivity index (χ4n) is 4.16. The summed E-state index contributed by atoms with van der Waals surface area (Å²) >= 11 is -2.44. The highest BCUT2D eigenvalue weighted by Gasteiger charge is 2.32. The third-order valence-corrected chi connectivity index (χ3v) is 6.25. The molecule has 0 aliphatic carbocycles. The van der Waals surface area contributed by atoms with Crippen LogP contribution in [0.2, 0.25) is 0 Å². The minimum Gasteiger partial charge on any atom is -0.494 e. The summed E-state index contributed by atoms with van der Waals surface area (Å²) in [5.74, 6) is 1.29. The van der Waals surface area contributed by atoms with Gasteiger partial charge in [0.2, 0.25) is 11.3 Å². The maximum atomic E-state index is 13.5. The van der Waals surface area contributed by atoms with Gasteiger partial charge in [0.1, 0.15) is 29.1 Å². The summed E-state index contributed by atoms with van der Waals surface area (Å²) in [4.78, 5) is 12.4. The van der Waals surface area contributed by atoms with Crippen LogP contribution in [0, 0.1) is 12.7 Å². The lowest BCUT2D eigenvalue weighted by Gasteiger charge is -2.26. The van der Waals surface area contributed by atoms with E-state index in [4.69, 9.17) is 14.2 Å². The minimum absolute atomic E-state index is 0.0190. The van der Waals surface area contributed by atoms with Crippen LogP contribution in [0.4, 0.5) is 4.39 Å². The summed E-state index contributed by atoms with van der Waals surface area (Å²) in [5, 5.41) is 8.89. The Bertz CT molecular complexity index is 1410. The van der Waals surface area contributed by atoms with E-state index in [1.165, 1.54) is 14.2 Å². The fraction of sp³-hybridized carbons (Fsp3) is 0.320. The number of halogens is 1. The van der Waals surface area contributed by atoms with Gasteiger partial charge in [-0.3, -0.25) is 14.1 Å². The van der Waals surface area contributed by atoms with Crippen LogP contribution in [-0.2, 0) is 22.4 Å². The number of nitrogens with one attached hydrogen (secondary N) is 1. The van der Waals surface area contributed by atoms with Crippen molar-refractivity contribution in [3.05, 3.63) is 72.1 Å². The molecule has 1 aromatic carbocycles. The molecule has 4 aromatic rings. The van der Waals surface area contributed by atoms with E-state index < -0.39 is 29.2 Å². The van der Waals surface area contributed by atoms with E-state index in [0.717, 1.165) is 18.0 Å². The maximum absolute atomic E-state index is 13.5. The lowest BCUT2D eigenvalue weighted by atomic mass is 10.1. The van der Waals surface area contributed by atoms with Gasteiger partial charge in [0.15, 0.2) is 17.5 Å². The molecule has 3 atom stereocenters. The molecular weight excluding hydrogens is 529 g/mol. The number of hydrogen-bond acceptors (Lipinski definition) is 9. The van der Waals surface area contributed by atoms with Gasteiger partial charge in [-0.15, -0.1) is 10.2 Å². The van der Waals surface area contributed by atoms with Crippen molar-refractivity contribution in [2.24, 2.45) is 0 Å². The van der Waals surface area contributed by atoms with Crippen LogP contribution < -0.4 is 14.2 Å². The number of methoxy groups -OCH3 is 2. The molecule has 3 aromatic heterocycles. The number of aromatic nitrogens is 6. The van der Waals surface area contributed by atoms with Gasteiger partial charge < -0.3 is 14.2 Å². The Labute approximate surface area is 227 Å². The number of rotatable bonds is 12. The molecule has 1 unspecified atom stereocenters. The van der Waals surface area contributed by atoms with Crippen molar-refractivity contribution >= 4 is 11.3 Å². The highest BCUT2D eigenvalue weighted by atomic mass is 32.2. The van der Waals surface area contributed by atoms with Crippen molar-refractivity contribution < 1.29 is 27.4 Å². The van der Waals surface area contributed by atoms with E-state index in [2.05, 4.69) is 29.9 Å². The lowest BCUT2D eigenvalue weighted by molar-refractivity contribution is 0.0321. The summed E-state index contributed by atoms with van der Waals surface area (Å²) in [5.41, 5.74) is 2.12. The van der Waals surface area contributed by atoms with Gasteiger partial charge in [0.05, 0.1) is 32.7 Å². The van der Waals surface area contributed by atoms with E-state index in [9.17, 15) is 13.2 Å². The van der Waals surface area contributed by atoms with Crippen LogP contribution >= 0.6 is 0 Å². The monoisotopic (exact) mass is 557 g/mol. The highest BCUT2D eigenvalue weighted by Crippen LogP contribution is 2.37. The Balaban J connectivity index is 1.90. The van der Waals surface area contributed by atoms with E-state index in [1.54, 1.807) is 42.1 Å². The van der Waals surface area contributed by atoms with Crippen LogP contribution in [0.1, 0.15) is 30.2 Å². The van der Waals surface area contributed by atoms with Gasteiger partial charge in [-0.1, -0.05) is 6.07 Å². The first kappa shape index (κ1) is 28.2. The Morgan fingerprint density at radius 3 is 2.38 bits per heavy atom. The molecule has 0 fully saturated rings. The normalized spacial score (nSPS) is 13.6. The molecule has 0 aliphatic rings. The average Bonchev–Trinajstić information content (AvgIpc) is 3.34. The number of benzene rings is 1. The van der Waals surface area contributed by atoms with Crippen LogP contribution in [0.5, 0.6) is 11.5 Å². The largest absolute Gasteiger partial charge is 0.494 e. The second kappa shape index (κ2) is 12.8. The van der Waals surface area contributed by atoms with Crippen molar-refractivity contribution in [3.8, 4) is 28.6 Å². The first-order valence-electron chi connectivity index (χ1n) is 11.9. The smallest absolute Gasteiger partial charge is 0.232 e. The Hall–Kier alpha value is -3.85. The summed E-state index contributed by atoms with van der Waals surface area (Å²) in [6.45, 7) is 3.90. The molecule has 39 heavy (non-hydrogen) atoms. The van der Waals surface area contributed by atoms with E-state index in [0.29, 0.717) is 34.4 Å². The predicted octanol–water partition coefficient (Wildman–Crippen LogP) is 3.00. The molecule has 0 amide bonds. The first-order chi connectivity index (χ1) is 18.9. The van der Waals surface area contributed by atoms with E-state index in [1.807, 2.05) is 13.0 Å². The lowest BCUT2D eigenvalue weighted by Crippen LogP contribution is -2.40. The third-order valence-electron chi connectivity index (χ3n) is 5.75. The second-order valence-electron chi connectivity index (χ2n) is 8.35. The molecule has 3 heterocycles. The summed E-state index contributed by atoms with van der Waals surface area (Å²) in [6.07, 6.45) is 4.48. The van der Waals surface area contributed by atoms with Crippen molar-refractivity contribution in [2.45, 2.75) is 32.4 Å². The van der Waals surface area contributed by atoms with Crippen LogP contribution in [0.25, 0.3) is 17.1 Å². The van der Waals surface area contributed by atoms with Gasteiger partial charge in [0, 0.05) is 31.0 Å². The van der Waals surface area contributed by atoms with Crippen molar-refractivity contribution in [1.29, 1.82) is 0 Å². The first-order valence-corrected chi connectivity index (χ1v) is 13.0. The van der Waals surface area contributed by atoms with Gasteiger partial charge >= 0.3 is 0 Å². The van der Waals surface area contributed by atoms with Gasteiger partial charge in [-0.25, -0.2) is 23.3 Å². The number of aryl methyl sites for hydroxylation is 1. The molecular formula is C25H28FN7O5S. The van der Waals surface area contributed by atoms with Crippen molar-refractivity contribution in [1.82, 2.24) is 34.4 Å². The number of hydrogen-bond donors (Lipinski definition) is 2. The minimum atomic E-state index is -2.44. The second-order valence-corrected chi connectivity index (χ2v) is 9.08. The van der Waals surface area contributed by atoms with Crippen molar-refractivity contribution in [2.75, 3.05) is 20.8 Å². The zero-order valence-corrected chi connectivity index (χ0v) is 22.6. The van der Waals surface area contributed by atoms with E-state index in [-0.39, 0.29) is 18.9 Å². The Morgan fingerprint density at radius 2 is 1.79 bits per heavy atom. The zero-order valence-electron chi connectivity index (χ0n) is 21.7. The average molecular weight is 558 g/mol. The standard InChI is InChI=1S/C25H28FN7O5S/c1-5-38-23(24-28-13-17(26)14-29-24)18(32-39(34)35)10-21-30-31-25(16-9-15(2)11-27-12-16)33(21)22-19(36-3)7-6-8-20(22)37-4/h6-9,11-14,18,23,32H,5,10H2,1-4H3,(H,34,35)/t18-,23-/m0/s1. The molecule has 0 aliphatic heterocycles. The Kier molecular flexibility index (Phi) is 9.24. The van der Waals surface area contributed by atoms with Gasteiger partial charge in [-0.05, 0) is 37.6 Å². The molecule has 0 bridgehead atoms. The van der Waals surface area contributed by atoms with Gasteiger partial charge in [0.25, 0.3) is 0 Å².